The third-order valence-corrected chi connectivity index (χ3v) is 4.72. The van der Waals surface area contributed by atoms with E-state index in [0.29, 0.717) is 19.8 Å². The number of aliphatic imine (C=N–C) groups is 1. The highest BCUT2D eigenvalue weighted by atomic mass is 16.5. The molecule has 6 heteroatoms. The molecule has 2 aliphatic rings. The summed E-state index contributed by atoms with van der Waals surface area (Å²) in [6, 6.07) is 0.852. The maximum absolute atomic E-state index is 5.56. The fourth-order valence-electron chi connectivity index (χ4n) is 2.84. The smallest absolute Gasteiger partial charge is 0.191 e. The molecule has 2 saturated carbocycles. The van der Waals surface area contributed by atoms with Crippen molar-refractivity contribution in [2.75, 3.05) is 59.7 Å². The molecule has 0 heterocycles. The number of guanidine groups is 1. The number of unbranched alkanes of at least 4 members (excludes halogenated alkanes) is 1. The van der Waals surface area contributed by atoms with Gasteiger partial charge in [-0.3, -0.25) is 9.89 Å². The van der Waals surface area contributed by atoms with Gasteiger partial charge in [0.05, 0.1) is 19.8 Å². The van der Waals surface area contributed by atoms with Gasteiger partial charge in [-0.15, -0.1) is 0 Å². The van der Waals surface area contributed by atoms with Crippen molar-refractivity contribution in [3.63, 3.8) is 0 Å². The van der Waals surface area contributed by atoms with Gasteiger partial charge >= 0.3 is 0 Å². The maximum atomic E-state index is 5.56. The number of ether oxygens (including phenoxy) is 2. The fourth-order valence-corrected chi connectivity index (χ4v) is 2.84. The topological polar surface area (TPSA) is 58.1 Å². The molecule has 0 aromatic carbocycles. The van der Waals surface area contributed by atoms with Crippen LogP contribution in [0.15, 0.2) is 4.99 Å². The zero-order valence-corrected chi connectivity index (χ0v) is 16.3. The minimum absolute atomic E-state index is 0.662. The molecule has 0 bridgehead atoms. The van der Waals surface area contributed by atoms with Crippen LogP contribution in [0.3, 0.4) is 0 Å². The van der Waals surface area contributed by atoms with Crippen molar-refractivity contribution in [3.05, 3.63) is 0 Å². The average Bonchev–Trinajstić information content (AvgIpc) is 3.51. The lowest BCUT2D eigenvalue weighted by Crippen LogP contribution is -2.43. The molecule has 6 nitrogen and oxygen atoms in total. The van der Waals surface area contributed by atoms with Gasteiger partial charge in [0.15, 0.2) is 5.96 Å². The first-order chi connectivity index (χ1) is 12.3. The Bertz CT molecular complexity index is 370. The van der Waals surface area contributed by atoms with Crippen LogP contribution in [0, 0.1) is 5.92 Å². The van der Waals surface area contributed by atoms with Crippen molar-refractivity contribution < 1.29 is 9.47 Å². The van der Waals surface area contributed by atoms with Crippen LogP contribution < -0.4 is 10.6 Å². The number of nitrogens with zero attached hydrogens (tertiary/aromatic N) is 2. The Kier molecular flexibility index (Phi) is 10.2. The van der Waals surface area contributed by atoms with E-state index < -0.39 is 0 Å². The minimum Gasteiger partial charge on any atom is -0.379 e. The van der Waals surface area contributed by atoms with Gasteiger partial charge in [0, 0.05) is 45.9 Å². The van der Waals surface area contributed by atoms with Crippen molar-refractivity contribution >= 4 is 5.96 Å². The Morgan fingerprint density at radius 1 is 1.00 bits per heavy atom. The van der Waals surface area contributed by atoms with Gasteiger partial charge in [-0.25, -0.2) is 0 Å². The lowest BCUT2D eigenvalue weighted by atomic mass is 10.3. The van der Waals surface area contributed by atoms with Crippen molar-refractivity contribution in [2.24, 2.45) is 10.9 Å². The predicted molar refractivity (Wildman–Crippen MR) is 103 cm³/mol. The number of hydrogen-bond acceptors (Lipinski definition) is 4. The number of hydrogen-bond donors (Lipinski definition) is 2. The lowest BCUT2D eigenvalue weighted by Gasteiger charge is -2.22. The maximum Gasteiger partial charge on any atom is 0.191 e. The largest absolute Gasteiger partial charge is 0.379 e. The predicted octanol–water partition coefficient (Wildman–Crippen LogP) is 1.86. The van der Waals surface area contributed by atoms with Crippen LogP contribution in [0.25, 0.3) is 0 Å². The van der Waals surface area contributed by atoms with E-state index in [4.69, 9.17) is 9.47 Å². The van der Waals surface area contributed by atoms with Gasteiger partial charge in [0.25, 0.3) is 0 Å². The second-order valence-electron chi connectivity index (χ2n) is 7.17. The van der Waals surface area contributed by atoms with Crippen LogP contribution in [0.5, 0.6) is 0 Å². The number of nitrogens with one attached hydrogen (secondary N) is 2. The zero-order chi connectivity index (χ0) is 17.7. The molecule has 146 valence electrons. The Morgan fingerprint density at radius 3 is 2.36 bits per heavy atom. The van der Waals surface area contributed by atoms with E-state index in [2.05, 4.69) is 27.4 Å². The summed E-state index contributed by atoms with van der Waals surface area (Å²) in [4.78, 5) is 6.95. The Hall–Kier alpha value is -0.850. The Balaban J connectivity index is 1.43. The van der Waals surface area contributed by atoms with Gasteiger partial charge < -0.3 is 20.1 Å². The Morgan fingerprint density at radius 2 is 1.72 bits per heavy atom. The molecule has 0 atom stereocenters. The van der Waals surface area contributed by atoms with Crippen LogP contribution in [0.4, 0.5) is 0 Å². The highest BCUT2D eigenvalue weighted by molar-refractivity contribution is 5.79. The van der Waals surface area contributed by atoms with Gasteiger partial charge in [0.2, 0.25) is 0 Å². The van der Waals surface area contributed by atoms with Gasteiger partial charge in [-0.2, -0.15) is 0 Å². The van der Waals surface area contributed by atoms with Crippen LogP contribution in [0.1, 0.15) is 45.4 Å². The first-order valence-corrected chi connectivity index (χ1v) is 10.2. The SMILES string of the molecule is CCCCOCCOCCNC(=NC)NCCN(CC1CC1)C1CC1. The highest BCUT2D eigenvalue weighted by Gasteiger charge is 2.33. The lowest BCUT2D eigenvalue weighted by molar-refractivity contribution is 0.0487. The molecule has 0 aliphatic heterocycles. The molecule has 2 rings (SSSR count). The molecule has 0 saturated heterocycles. The van der Waals surface area contributed by atoms with Crippen molar-refractivity contribution in [3.8, 4) is 0 Å². The number of rotatable bonds is 15. The van der Waals surface area contributed by atoms with E-state index in [1.165, 1.54) is 38.6 Å². The summed E-state index contributed by atoms with van der Waals surface area (Å²) in [6.07, 6.45) is 7.95. The summed E-state index contributed by atoms with van der Waals surface area (Å²) in [5, 5.41) is 6.73. The average molecular weight is 355 g/mol. The molecule has 0 aromatic rings. The highest BCUT2D eigenvalue weighted by Crippen LogP contribution is 2.34. The molecular formula is C19H38N4O2. The first kappa shape index (κ1) is 20.5. The van der Waals surface area contributed by atoms with Gasteiger partial charge in [-0.1, -0.05) is 13.3 Å². The quantitative estimate of drug-likeness (QED) is 0.267. The Labute approximate surface area is 153 Å². The summed E-state index contributed by atoms with van der Waals surface area (Å²) in [7, 11) is 1.82. The van der Waals surface area contributed by atoms with E-state index in [9.17, 15) is 0 Å². The summed E-state index contributed by atoms with van der Waals surface area (Å²) in [5.41, 5.74) is 0. The van der Waals surface area contributed by atoms with Crippen molar-refractivity contribution in [1.29, 1.82) is 0 Å². The second-order valence-corrected chi connectivity index (χ2v) is 7.17. The monoisotopic (exact) mass is 354 g/mol. The zero-order valence-electron chi connectivity index (χ0n) is 16.3. The summed E-state index contributed by atoms with van der Waals surface area (Å²) in [6.45, 7) is 9.17. The van der Waals surface area contributed by atoms with Crippen LogP contribution in [0.2, 0.25) is 0 Å². The fraction of sp³-hybridized carbons (Fsp3) is 0.947. The van der Waals surface area contributed by atoms with E-state index in [0.717, 1.165) is 50.6 Å². The molecule has 0 unspecified atom stereocenters. The van der Waals surface area contributed by atoms with Crippen LogP contribution in [-0.4, -0.2) is 76.6 Å². The third kappa shape index (κ3) is 10.0. The standard InChI is InChI=1S/C19H38N4O2/c1-3-4-12-24-14-15-25-13-10-22-19(20-2)21-9-11-23(18-7-8-18)16-17-5-6-17/h17-18H,3-16H2,1-2H3,(H2,20,21,22). The van der Waals surface area contributed by atoms with E-state index >= 15 is 0 Å². The molecule has 2 aliphatic carbocycles. The summed E-state index contributed by atoms with van der Waals surface area (Å²) >= 11 is 0. The molecule has 0 radical (unpaired) electrons. The minimum atomic E-state index is 0.662. The van der Waals surface area contributed by atoms with Gasteiger partial charge in [0.1, 0.15) is 0 Å². The first-order valence-electron chi connectivity index (χ1n) is 10.2. The van der Waals surface area contributed by atoms with E-state index in [-0.39, 0.29) is 0 Å². The van der Waals surface area contributed by atoms with E-state index in [1.807, 2.05) is 7.05 Å². The third-order valence-electron chi connectivity index (χ3n) is 4.72. The van der Waals surface area contributed by atoms with E-state index in [1.54, 1.807) is 0 Å². The molecule has 0 aromatic heterocycles. The summed E-state index contributed by atoms with van der Waals surface area (Å²) < 4.78 is 11.0. The summed E-state index contributed by atoms with van der Waals surface area (Å²) in [5.74, 6) is 1.84. The van der Waals surface area contributed by atoms with Gasteiger partial charge in [-0.05, 0) is 38.0 Å². The second kappa shape index (κ2) is 12.5. The van der Waals surface area contributed by atoms with Crippen LogP contribution >= 0.6 is 0 Å². The molecular weight excluding hydrogens is 316 g/mol. The molecule has 0 amide bonds. The van der Waals surface area contributed by atoms with Crippen molar-refractivity contribution in [1.82, 2.24) is 15.5 Å². The van der Waals surface area contributed by atoms with Crippen LogP contribution in [-0.2, 0) is 9.47 Å². The molecule has 2 N–H and O–H groups in total. The molecule has 25 heavy (non-hydrogen) atoms. The molecule has 2 fully saturated rings. The van der Waals surface area contributed by atoms with Crippen molar-refractivity contribution in [2.45, 2.75) is 51.5 Å². The normalized spacial score (nSPS) is 18.0. The molecule has 0 spiro atoms.